The molecule has 4 rings (SSSR count). The van der Waals surface area contributed by atoms with Crippen molar-refractivity contribution >= 4 is 23.3 Å². The van der Waals surface area contributed by atoms with Crippen molar-refractivity contribution in [3.05, 3.63) is 84.2 Å². The molecule has 0 bridgehead atoms. The zero-order valence-corrected chi connectivity index (χ0v) is 17.6. The highest BCUT2D eigenvalue weighted by molar-refractivity contribution is 6.02. The van der Waals surface area contributed by atoms with Crippen molar-refractivity contribution in [1.29, 1.82) is 0 Å². The number of benzene rings is 2. The van der Waals surface area contributed by atoms with Gasteiger partial charge >= 0.3 is 0 Å². The normalized spacial score (nSPS) is 11.1. The first-order valence-corrected chi connectivity index (χ1v) is 9.83. The van der Waals surface area contributed by atoms with Crippen molar-refractivity contribution in [2.24, 2.45) is 0 Å². The first kappa shape index (κ1) is 20.2. The Balaban J connectivity index is 1.44. The molecule has 156 valence electrons. The fourth-order valence-corrected chi connectivity index (χ4v) is 3.33. The zero-order chi connectivity index (χ0) is 21.8. The van der Waals surface area contributed by atoms with E-state index in [2.05, 4.69) is 5.32 Å². The number of ether oxygens (including phenoxy) is 2. The number of imidazole rings is 1. The van der Waals surface area contributed by atoms with Crippen LogP contribution in [0.25, 0.3) is 23.0 Å². The molecule has 0 saturated heterocycles. The maximum Gasteiger partial charge on any atom is 0.248 e. The molecule has 4 aromatic rings. The summed E-state index contributed by atoms with van der Waals surface area (Å²) in [6, 6.07) is 17.2. The Labute approximate surface area is 180 Å². The lowest BCUT2D eigenvalue weighted by atomic mass is 10.1. The molecule has 0 aliphatic heterocycles. The maximum absolute atomic E-state index is 12.3. The molecule has 0 spiro atoms. The molecule has 0 unspecified atom stereocenters. The van der Waals surface area contributed by atoms with E-state index in [1.807, 2.05) is 72.2 Å². The van der Waals surface area contributed by atoms with Crippen LogP contribution in [0.2, 0.25) is 0 Å². The number of hydrogen-bond donors (Lipinski definition) is 1. The van der Waals surface area contributed by atoms with Crippen molar-refractivity contribution in [1.82, 2.24) is 9.38 Å². The molecule has 1 N–H and O–H groups in total. The lowest BCUT2D eigenvalue weighted by molar-refractivity contribution is -0.111. The van der Waals surface area contributed by atoms with Crippen LogP contribution in [0.5, 0.6) is 11.5 Å². The molecule has 0 atom stereocenters. The minimum absolute atomic E-state index is 0.217. The zero-order valence-electron chi connectivity index (χ0n) is 17.6. The van der Waals surface area contributed by atoms with Crippen LogP contribution < -0.4 is 14.8 Å². The van der Waals surface area contributed by atoms with E-state index in [-0.39, 0.29) is 5.91 Å². The van der Waals surface area contributed by atoms with E-state index in [0.29, 0.717) is 17.2 Å². The number of anilines is 1. The molecule has 6 heteroatoms. The summed E-state index contributed by atoms with van der Waals surface area (Å²) < 4.78 is 12.5. The number of carbonyl (C=O) groups excluding carboxylic acids is 1. The predicted molar refractivity (Wildman–Crippen MR) is 123 cm³/mol. The first-order valence-electron chi connectivity index (χ1n) is 9.83. The first-order chi connectivity index (χ1) is 15.1. The average molecular weight is 413 g/mol. The van der Waals surface area contributed by atoms with Gasteiger partial charge < -0.3 is 19.2 Å². The molecular weight excluding hydrogens is 390 g/mol. The van der Waals surface area contributed by atoms with Crippen LogP contribution in [0.3, 0.4) is 0 Å². The van der Waals surface area contributed by atoms with E-state index < -0.39 is 0 Å². The largest absolute Gasteiger partial charge is 0.493 e. The second-order valence-corrected chi connectivity index (χ2v) is 7.06. The van der Waals surface area contributed by atoms with Crippen LogP contribution in [-0.2, 0) is 4.79 Å². The van der Waals surface area contributed by atoms with E-state index in [0.717, 1.165) is 28.0 Å². The third-order valence-electron chi connectivity index (χ3n) is 4.96. The van der Waals surface area contributed by atoms with Gasteiger partial charge in [-0.25, -0.2) is 4.98 Å². The monoisotopic (exact) mass is 413 g/mol. The Kier molecular flexibility index (Phi) is 5.71. The summed E-state index contributed by atoms with van der Waals surface area (Å²) in [4.78, 5) is 17.0. The Hall–Kier alpha value is -4.06. The van der Waals surface area contributed by atoms with Gasteiger partial charge in [0, 0.05) is 29.7 Å². The van der Waals surface area contributed by atoms with Gasteiger partial charge in [0.15, 0.2) is 11.5 Å². The Bertz CT molecular complexity index is 1260. The fraction of sp³-hybridized carbons (Fsp3) is 0.120. The van der Waals surface area contributed by atoms with Gasteiger partial charge in [0.25, 0.3) is 0 Å². The topological polar surface area (TPSA) is 64.9 Å². The minimum atomic E-state index is -0.217. The molecular formula is C25H23N3O3. The summed E-state index contributed by atoms with van der Waals surface area (Å²) in [7, 11) is 3.16. The highest BCUT2D eigenvalue weighted by atomic mass is 16.5. The van der Waals surface area contributed by atoms with Gasteiger partial charge in [0.05, 0.1) is 19.9 Å². The summed E-state index contributed by atoms with van der Waals surface area (Å²) >= 11 is 0. The van der Waals surface area contributed by atoms with Crippen molar-refractivity contribution in [2.75, 3.05) is 19.5 Å². The SMILES string of the molecule is COc1ccc(/C=C/C(=O)Nc2ccc(-c3cn4cccc(C)c4n3)cc2)cc1OC. The third-order valence-corrected chi connectivity index (χ3v) is 4.96. The van der Waals surface area contributed by atoms with Gasteiger partial charge in [0.1, 0.15) is 5.65 Å². The summed E-state index contributed by atoms with van der Waals surface area (Å²) in [5, 5.41) is 2.87. The van der Waals surface area contributed by atoms with Crippen LogP contribution in [0.4, 0.5) is 5.69 Å². The van der Waals surface area contributed by atoms with Crippen LogP contribution in [0.15, 0.2) is 73.1 Å². The second-order valence-electron chi connectivity index (χ2n) is 7.06. The van der Waals surface area contributed by atoms with Gasteiger partial charge in [-0.05, 0) is 54.5 Å². The van der Waals surface area contributed by atoms with E-state index in [4.69, 9.17) is 14.5 Å². The van der Waals surface area contributed by atoms with Crippen LogP contribution in [0, 0.1) is 6.92 Å². The number of nitrogens with zero attached hydrogens (tertiary/aromatic N) is 2. The Morgan fingerprint density at radius 2 is 1.81 bits per heavy atom. The van der Waals surface area contributed by atoms with Gasteiger partial charge in [-0.15, -0.1) is 0 Å². The lowest BCUT2D eigenvalue weighted by Gasteiger charge is -2.07. The smallest absolute Gasteiger partial charge is 0.248 e. The number of pyridine rings is 1. The van der Waals surface area contributed by atoms with Gasteiger partial charge in [-0.2, -0.15) is 0 Å². The molecule has 0 aliphatic rings. The predicted octanol–water partition coefficient (Wildman–Crippen LogP) is 4.98. The number of methoxy groups -OCH3 is 2. The van der Waals surface area contributed by atoms with Crippen molar-refractivity contribution < 1.29 is 14.3 Å². The molecule has 2 aromatic heterocycles. The van der Waals surface area contributed by atoms with Gasteiger partial charge in [-0.1, -0.05) is 24.3 Å². The summed E-state index contributed by atoms with van der Waals surface area (Å²) in [5.41, 5.74) is 5.49. The molecule has 1 amide bonds. The third kappa shape index (κ3) is 4.43. The van der Waals surface area contributed by atoms with Gasteiger partial charge in [-0.3, -0.25) is 4.79 Å². The molecule has 0 radical (unpaired) electrons. The summed E-state index contributed by atoms with van der Waals surface area (Å²) in [5.74, 6) is 1.04. The quantitative estimate of drug-likeness (QED) is 0.453. The Morgan fingerprint density at radius 1 is 1.03 bits per heavy atom. The Morgan fingerprint density at radius 3 is 2.52 bits per heavy atom. The van der Waals surface area contributed by atoms with Crippen LogP contribution >= 0.6 is 0 Å². The van der Waals surface area contributed by atoms with Crippen molar-refractivity contribution in [3.8, 4) is 22.8 Å². The number of hydrogen-bond acceptors (Lipinski definition) is 4. The molecule has 6 nitrogen and oxygen atoms in total. The van der Waals surface area contributed by atoms with E-state index in [1.165, 1.54) is 6.08 Å². The van der Waals surface area contributed by atoms with Crippen molar-refractivity contribution in [3.63, 3.8) is 0 Å². The molecule has 0 saturated carbocycles. The number of carbonyl (C=O) groups is 1. The number of aromatic nitrogens is 2. The number of aryl methyl sites for hydroxylation is 1. The number of nitrogens with one attached hydrogen (secondary N) is 1. The van der Waals surface area contributed by atoms with Gasteiger partial charge in [0.2, 0.25) is 5.91 Å². The lowest BCUT2D eigenvalue weighted by Crippen LogP contribution is -2.07. The highest BCUT2D eigenvalue weighted by Gasteiger charge is 2.07. The van der Waals surface area contributed by atoms with E-state index in [9.17, 15) is 4.79 Å². The molecule has 0 aliphatic carbocycles. The maximum atomic E-state index is 12.3. The molecule has 2 heterocycles. The fourth-order valence-electron chi connectivity index (χ4n) is 3.33. The number of rotatable bonds is 6. The molecule has 0 fully saturated rings. The standard InChI is InChI=1S/C25H23N3O3/c1-17-5-4-14-28-16-21(27-25(17)28)19-8-10-20(11-9-19)26-24(29)13-7-18-6-12-22(30-2)23(15-18)31-3/h4-16H,1-3H3,(H,26,29)/b13-7+. The second kappa shape index (κ2) is 8.75. The van der Waals surface area contributed by atoms with E-state index >= 15 is 0 Å². The summed E-state index contributed by atoms with van der Waals surface area (Å²) in [6.07, 6.45) is 7.20. The molecule has 2 aromatic carbocycles. The average Bonchev–Trinajstić information content (AvgIpc) is 3.24. The number of fused-ring (bicyclic) bond motifs is 1. The highest BCUT2D eigenvalue weighted by Crippen LogP contribution is 2.28. The summed E-state index contributed by atoms with van der Waals surface area (Å²) in [6.45, 7) is 2.04. The van der Waals surface area contributed by atoms with Crippen molar-refractivity contribution in [2.45, 2.75) is 6.92 Å². The minimum Gasteiger partial charge on any atom is -0.493 e. The van der Waals surface area contributed by atoms with E-state index in [1.54, 1.807) is 26.4 Å². The van der Waals surface area contributed by atoms with Crippen LogP contribution in [-0.4, -0.2) is 29.5 Å². The molecule has 31 heavy (non-hydrogen) atoms. The number of amides is 1. The van der Waals surface area contributed by atoms with Crippen LogP contribution in [0.1, 0.15) is 11.1 Å².